The Morgan fingerprint density at radius 3 is 2.38 bits per heavy atom. The molecule has 3 aromatic carbocycles. The van der Waals surface area contributed by atoms with Crippen LogP contribution in [0.5, 0.6) is 0 Å². The SMILES string of the molecule is Cc1nc(C(F)(F)F)cn1-c1ccc(-c2cccc(S(C)(=O)=O)c2)cc1-n1nncc1Cc1cccc(Cl)c1. The maximum Gasteiger partial charge on any atom is 0.434 e. The molecule has 0 bridgehead atoms. The van der Waals surface area contributed by atoms with E-state index < -0.39 is 21.7 Å². The Balaban J connectivity index is 1.70. The topological polar surface area (TPSA) is 82.7 Å². The summed E-state index contributed by atoms with van der Waals surface area (Å²) < 4.78 is 67.6. The lowest BCUT2D eigenvalue weighted by Gasteiger charge is -2.16. The molecule has 0 spiro atoms. The Kier molecular flexibility index (Phi) is 6.81. The molecule has 0 radical (unpaired) electrons. The van der Waals surface area contributed by atoms with E-state index >= 15 is 0 Å². The number of benzene rings is 3. The molecular weight excluding hydrogens is 551 g/mol. The van der Waals surface area contributed by atoms with E-state index in [1.165, 1.54) is 17.6 Å². The number of imidazole rings is 1. The summed E-state index contributed by atoms with van der Waals surface area (Å²) in [5.74, 6) is 0.131. The highest BCUT2D eigenvalue weighted by Gasteiger charge is 2.34. The molecule has 39 heavy (non-hydrogen) atoms. The van der Waals surface area contributed by atoms with Gasteiger partial charge in [0.05, 0.1) is 28.2 Å². The first-order valence-corrected chi connectivity index (χ1v) is 13.9. The van der Waals surface area contributed by atoms with Crippen LogP contribution in [0.4, 0.5) is 13.2 Å². The number of aromatic nitrogens is 5. The second-order valence-electron chi connectivity index (χ2n) is 8.99. The first kappa shape index (κ1) is 26.6. The molecule has 5 rings (SSSR count). The number of aryl methyl sites for hydroxylation is 1. The molecule has 0 unspecified atom stereocenters. The van der Waals surface area contributed by atoms with Crippen LogP contribution >= 0.6 is 11.6 Å². The Morgan fingerprint density at radius 1 is 0.949 bits per heavy atom. The normalized spacial score (nSPS) is 12.2. The molecule has 0 saturated heterocycles. The Morgan fingerprint density at radius 2 is 1.69 bits per heavy atom. The molecule has 5 aromatic rings. The number of alkyl halides is 3. The van der Waals surface area contributed by atoms with E-state index in [2.05, 4.69) is 15.3 Å². The summed E-state index contributed by atoms with van der Waals surface area (Å²) >= 11 is 6.15. The predicted octanol–water partition coefficient (Wildman–Crippen LogP) is 6.09. The van der Waals surface area contributed by atoms with Crippen LogP contribution in [0.15, 0.2) is 84.0 Å². The van der Waals surface area contributed by atoms with Gasteiger partial charge in [0.1, 0.15) is 5.82 Å². The first-order valence-electron chi connectivity index (χ1n) is 11.6. The Labute approximate surface area is 227 Å². The highest BCUT2D eigenvalue weighted by molar-refractivity contribution is 7.90. The number of hydrogen-bond acceptors (Lipinski definition) is 5. The number of nitrogens with zero attached hydrogens (tertiary/aromatic N) is 5. The van der Waals surface area contributed by atoms with E-state index in [0.29, 0.717) is 39.6 Å². The van der Waals surface area contributed by atoms with Crippen LogP contribution in [0.2, 0.25) is 5.02 Å². The molecule has 200 valence electrons. The molecule has 2 aromatic heterocycles. The molecule has 12 heteroatoms. The van der Waals surface area contributed by atoms with Gasteiger partial charge in [-0.3, -0.25) is 0 Å². The first-order chi connectivity index (χ1) is 18.4. The van der Waals surface area contributed by atoms with Gasteiger partial charge in [-0.05, 0) is 60.0 Å². The summed E-state index contributed by atoms with van der Waals surface area (Å²) in [4.78, 5) is 3.86. The van der Waals surface area contributed by atoms with Crippen molar-refractivity contribution >= 4 is 21.4 Å². The van der Waals surface area contributed by atoms with Crippen LogP contribution in [0.1, 0.15) is 22.8 Å². The second kappa shape index (κ2) is 9.97. The maximum atomic E-state index is 13.5. The lowest BCUT2D eigenvalue weighted by molar-refractivity contribution is -0.141. The lowest BCUT2D eigenvalue weighted by Crippen LogP contribution is -2.09. The quantitative estimate of drug-likeness (QED) is 0.246. The monoisotopic (exact) mass is 571 g/mol. The average molecular weight is 572 g/mol. The minimum absolute atomic E-state index is 0.131. The Bertz CT molecular complexity index is 1800. The summed E-state index contributed by atoms with van der Waals surface area (Å²) in [5, 5.41) is 8.88. The van der Waals surface area contributed by atoms with E-state index in [1.54, 1.807) is 53.3 Å². The highest BCUT2D eigenvalue weighted by atomic mass is 35.5. The van der Waals surface area contributed by atoms with Gasteiger partial charge in [-0.15, -0.1) is 5.10 Å². The van der Waals surface area contributed by atoms with Gasteiger partial charge in [-0.25, -0.2) is 18.1 Å². The zero-order chi connectivity index (χ0) is 27.9. The van der Waals surface area contributed by atoms with E-state index in [-0.39, 0.29) is 10.7 Å². The van der Waals surface area contributed by atoms with Gasteiger partial charge in [0.25, 0.3) is 0 Å². The van der Waals surface area contributed by atoms with Gasteiger partial charge in [-0.1, -0.05) is 47.1 Å². The molecule has 0 N–H and O–H groups in total. The maximum absolute atomic E-state index is 13.5. The van der Waals surface area contributed by atoms with Gasteiger partial charge < -0.3 is 4.57 Å². The standard InChI is InChI=1S/C27H21ClF3N5O2S/c1-17-33-26(27(29,30)31)16-35(17)24-10-9-20(19-6-4-8-23(13-19)39(2,37)38)14-25(24)36-22(15-32-34-36)12-18-5-3-7-21(28)11-18/h3-11,13-16H,12H2,1-2H3. The summed E-state index contributed by atoms with van der Waals surface area (Å²) in [7, 11) is -3.46. The molecule has 7 nitrogen and oxygen atoms in total. The van der Waals surface area contributed by atoms with Crippen molar-refractivity contribution in [2.24, 2.45) is 0 Å². The minimum atomic E-state index is -4.62. The zero-order valence-electron chi connectivity index (χ0n) is 20.7. The van der Waals surface area contributed by atoms with Crippen molar-refractivity contribution in [2.75, 3.05) is 6.26 Å². The van der Waals surface area contributed by atoms with Crippen molar-refractivity contribution in [3.05, 3.63) is 107 Å². The van der Waals surface area contributed by atoms with E-state index in [4.69, 9.17) is 11.6 Å². The highest BCUT2D eigenvalue weighted by Crippen LogP contribution is 2.33. The molecule has 0 amide bonds. The molecule has 0 aliphatic rings. The second-order valence-corrected chi connectivity index (χ2v) is 11.4. The molecule has 0 aliphatic carbocycles. The smallest absolute Gasteiger partial charge is 0.301 e. The van der Waals surface area contributed by atoms with Crippen molar-refractivity contribution in [3.8, 4) is 22.5 Å². The molecule has 0 fully saturated rings. The Hall–Kier alpha value is -3.96. The van der Waals surface area contributed by atoms with Crippen LogP contribution in [0.25, 0.3) is 22.5 Å². The fourth-order valence-electron chi connectivity index (χ4n) is 4.27. The van der Waals surface area contributed by atoms with Crippen molar-refractivity contribution in [2.45, 2.75) is 24.4 Å². The van der Waals surface area contributed by atoms with Gasteiger partial charge in [0.15, 0.2) is 15.5 Å². The minimum Gasteiger partial charge on any atom is -0.301 e. The summed E-state index contributed by atoms with van der Waals surface area (Å²) in [5.41, 5.74) is 2.60. The number of hydrogen-bond donors (Lipinski definition) is 0. The predicted molar refractivity (Wildman–Crippen MR) is 141 cm³/mol. The fourth-order valence-corrected chi connectivity index (χ4v) is 5.15. The van der Waals surface area contributed by atoms with Crippen LogP contribution in [-0.4, -0.2) is 39.2 Å². The van der Waals surface area contributed by atoms with Crippen molar-refractivity contribution in [1.82, 2.24) is 24.5 Å². The van der Waals surface area contributed by atoms with Crippen LogP contribution in [0, 0.1) is 6.92 Å². The van der Waals surface area contributed by atoms with Crippen molar-refractivity contribution in [1.29, 1.82) is 0 Å². The molecule has 0 aliphatic heterocycles. The van der Waals surface area contributed by atoms with E-state index in [0.717, 1.165) is 18.0 Å². The third-order valence-corrected chi connectivity index (χ3v) is 7.47. The number of rotatable bonds is 6. The van der Waals surface area contributed by atoms with Gasteiger partial charge >= 0.3 is 6.18 Å². The lowest BCUT2D eigenvalue weighted by atomic mass is 10.0. The largest absolute Gasteiger partial charge is 0.434 e. The summed E-state index contributed by atoms with van der Waals surface area (Å²) in [6, 6.07) is 18.8. The van der Waals surface area contributed by atoms with Crippen LogP contribution in [-0.2, 0) is 22.4 Å². The third kappa shape index (κ3) is 5.59. The summed E-state index contributed by atoms with van der Waals surface area (Å²) in [6.07, 6.45) is -0.585. The van der Waals surface area contributed by atoms with Crippen LogP contribution < -0.4 is 0 Å². The molecule has 0 atom stereocenters. The van der Waals surface area contributed by atoms with Gasteiger partial charge in [-0.2, -0.15) is 13.2 Å². The number of sulfone groups is 1. The molecule has 2 heterocycles. The van der Waals surface area contributed by atoms with E-state index in [9.17, 15) is 21.6 Å². The summed E-state index contributed by atoms with van der Waals surface area (Å²) in [6.45, 7) is 1.48. The van der Waals surface area contributed by atoms with Crippen molar-refractivity contribution < 1.29 is 21.6 Å². The van der Waals surface area contributed by atoms with Crippen molar-refractivity contribution in [3.63, 3.8) is 0 Å². The van der Waals surface area contributed by atoms with Gasteiger partial charge in [0.2, 0.25) is 0 Å². The molecular formula is C27H21ClF3N5O2S. The number of halogens is 4. The van der Waals surface area contributed by atoms with Crippen LogP contribution in [0.3, 0.4) is 0 Å². The van der Waals surface area contributed by atoms with Gasteiger partial charge in [0, 0.05) is 23.9 Å². The average Bonchev–Trinajstić information content (AvgIpc) is 3.49. The molecule has 0 saturated carbocycles. The van der Waals surface area contributed by atoms with E-state index in [1.807, 2.05) is 18.2 Å². The fraction of sp³-hybridized carbons (Fsp3) is 0.148. The zero-order valence-corrected chi connectivity index (χ0v) is 22.3. The third-order valence-electron chi connectivity index (χ3n) is 6.13.